The molecule has 0 aliphatic carbocycles. The summed E-state index contributed by atoms with van der Waals surface area (Å²) in [5.41, 5.74) is 10.0. The maximum absolute atomic E-state index is 9.15. The molecule has 92 valence electrons. The van der Waals surface area contributed by atoms with Gasteiger partial charge in [0.15, 0.2) is 0 Å². The van der Waals surface area contributed by atoms with Crippen molar-refractivity contribution < 1.29 is 9.84 Å². The molecule has 1 aromatic heterocycles. The van der Waals surface area contributed by atoms with Gasteiger partial charge in [0.1, 0.15) is 5.75 Å². The second-order valence-electron chi connectivity index (χ2n) is 4.17. The van der Waals surface area contributed by atoms with Gasteiger partial charge in [0.25, 0.3) is 0 Å². The van der Waals surface area contributed by atoms with Gasteiger partial charge in [-0.25, -0.2) is 0 Å². The van der Waals surface area contributed by atoms with Gasteiger partial charge in [0, 0.05) is 23.3 Å². The highest BCUT2D eigenvalue weighted by Gasteiger charge is 2.16. The highest BCUT2D eigenvalue weighted by molar-refractivity contribution is 5.99. The largest absolute Gasteiger partial charge is 0.495 e. The summed E-state index contributed by atoms with van der Waals surface area (Å²) in [5, 5.41) is 10.2. The second-order valence-corrected chi connectivity index (χ2v) is 4.17. The van der Waals surface area contributed by atoms with Crippen molar-refractivity contribution in [3.63, 3.8) is 0 Å². The van der Waals surface area contributed by atoms with Crippen LogP contribution in [0.4, 0.5) is 5.69 Å². The van der Waals surface area contributed by atoms with Gasteiger partial charge in [-0.3, -0.25) is 0 Å². The van der Waals surface area contributed by atoms with E-state index in [1.54, 1.807) is 7.11 Å². The number of nitrogens with two attached hydrogens (primary N) is 1. The number of fused-ring (bicyclic) bond motifs is 1. The summed E-state index contributed by atoms with van der Waals surface area (Å²) in [4.78, 5) is 0. The molecule has 1 aromatic carbocycles. The van der Waals surface area contributed by atoms with Gasteiger partial charge < -0.3 is 20.1 Å². The molecule has 0 fully saturated rings. The molecular weight excluding hydrogens is 216 g/mol. The molecule has 0 atom stereocenters. The van der Waals surface area contributed by atoms with Crippen LogP contribution in [0.3, 0.4) is 0 Å². The minimum Gasteiger partial charge on any atom is -0.495 e. The van der Waals surface area contributed by atoms with Crippen LogP contribution < -0.4 is 10.5 Å². The number of nitrogen functional groups attached to an aromatic ring is 1. The zero-order valence-electron chi connectivity index (χ0n) is 10.4. The van der Waals surface area contributed by atoms with E-state index in [0.717, 1.165) is 33.6 Å². The summed E-state index contributed by atoms with van der Waals surface area (Å²) in [6, 6.07) is 3.72. The van der Waals surface area contributed by atoms with Crippen LogP contribution >= 0.6 is 0 Å². The minimum absolute atomic E-state index is 0.0992. The third-order valence-corrected chi connectivity index (χ3v) is 3.31. The molecule has 4 nitrogen and oxygen atoms in total. The minimum atomic E-state index is 0.0992. The summed E-state index contributed by atoms with van der Waals surface area (Å²) in [6.45, 7) is 4.73. The van der Waals surface area contributed by atoms with Crippen LogP contribution in [0.5, 0.6) is 5.75 Å². The zero-order chi connectivity index (χ0) is 12.6. The normalized spacial score (nSPS) is 11.1. The van der Waals surface area contributed by atoms with E-state index < -0.39 is 0 Å². The Hall–Kier alpha value is -1.68. The zero-order valence-corrected chi connectivity index (χ0v) is 10.4. The molecule has 4 heteroatoms. The summed E-state index contributed by atoms with van der Waals surface area (Å²) >= 11 is 0. The molecular formula is C13H18N2O2. The number of methoxy groups -OCH3 is 1. The number of aromatic nitrogens is 1. The van der Waals surface area contributed by atoms with Crippen LogP contribution in [0.25, 0.3) is 10.9 Å². The number of anilines is 1. The van der Waals surface area contributed by atoms with Crippen molar-refractivity contribution in [2.24, 2.45) is 0 Å². The molecule has 2 aromatic rings. The fourth-order valence-electron chi connectivity index (χ4n) is 2.35. The van der Waals surface area contributed by atoms with E-state index in [4.69, 9.17) is 15.6 Å². The van der Waals surface area contributed by atoms with Crippen molar-refractivity contribution in [3.05, 3.63) is 23.4 Å². The number of ether oxygens (including phenoxy) is 1. The molecule has 1 heterocycles. The van der Waals surface area contributed by atoms with Crippen LogP contribution in [-0.2, 0) is 6.54 Å². The Labute approximate surface area is 101 Å². The Morgan fingerprint density at radius 3 is 2.65 bits per heavy atom. The lowest BCUT2D eigenvalue weighted by Crippen LogP contribution is -2.04. The molecule has 0 saturated heterocycles. The lowest BCUT2D eigenvalue weighted by atomic mass is 10.1. The van der Waals surface area contributed by atoms with Crippen LogP contribution in [0.1, 0.15) is 11.3 Å². The Morgan fingerprint density at radius 1 is 1.35 bits per heavy atom. The Kier molecular flexibility index (Phi) is 2.98. The van der Waals surface area contributed by atoms with Crippen molar-refractivity contribution in [2.75, 3.05) is 19.5 Å². The number of hydrogen-bond donors (Lipinski definition) is 2. The molecule has 17 heavy (non-hydrogen) atoms. The monoisotopic (exact) mass is 234 g/mol. The van der Waals surface area contributed by atoms with E-state index in [1.807, 2.05) is 26.0 Å². The third kappa shape index (κ3) is 1.65. The van der Waals surface area contributed by atoms with E-state index in [-0.39, 0.29) is 6.61 Å². The summed E-state index contributed by atoms with van der Waals surface area (Å²) in [5.74, 6) is 0.791. The van der Waals surface area contributed by atoms with Crippen molar-refractivity contribution in [3.8, 4) is 5.75 Å². The van der Waals surface area contributed by atoms with Crippen LogP contribution in [-0.4, -0.2) is 23.4 Å². The number of hydrogen-bond acceptors (Lipinski definition) is 3. The van der Waals surface area contributed by atoms with Crippen molar-refractivity contribution in [2.45, 2.75) is 20.4 Å². The Bertz CT molecular complexity index is 558. The van der Waals surface area contributed by atoms with E-state index in [1.165, 1.54) is 0 Å². The number of benzene rings is 1. The van der Waals surface area contributed by atoms with Gasteiger partial charge in [-0.2, -0.15) is 0 Å². The van der Waals surface area contributed by atoms with Gasteiger partial charge in [0.2, 0.25) is 0 Å². The second kappa shape index (κ2) is 4.30. The molecule has 0 unspecified atom stereocenters. The highest BCUT2D eigenvalue weighted by atomic mass is 16.5. The molecule has 0 bridgehead atoms. The molecule has 3 N–H and O–H groups in total. The van der Waals surface area contributed by atoms with Crippen molar-refractivity contribution in [1.29, 1.82) is 0 Å². The molecule has 0 aliphatic rings. The molecule has 0 aliphatic heterocycles. The lowest BCUT2D eigenvalue weighted by molar-refractivity contribution is 0.276. The van der Waals surface area contributed by atoms with Gasteiger partial charge in [-0.1, -0.05) is 0 Å². The van der Waals surface area contributed by atoms with Crippen LogP contribution in [0, 0.1) is 13.8 Å². The summed E-state index contributed by atoms with van der Waals surface area (Å²) in [6.07, 6.45) is 0. The predicted octanol–water partition coefficient (Wildman–Crippen LogP) is 1.84. The Morgan fingerprint density at radius 2 is 2.06 bits per heavy atom. The standard InChI is InChI=1S/C13H18N2O2/c1-8-9(2)15(6-7-16)13-11(17-3)5-4-10(14)12(8)13/h4-5,16H,6-7,14H2,1-3H3. The first-order valence-electron chi connectivity index (χ1n) is 5.64. The number of aliphatic hydroxyl groups is 1. The van der Waals surface area contributed by atoms with Gasteiger partial charge >= 0.3 is 0 Å². The van der Waals surface area contributed by atoms with E-state index in [0.29, 0.717) is 6.54 Å². The third-order valence-electron chi connectivity index (χ3n) is 3.31. The topological polar surface area (TPSA) is 60.4 Å². The SMILES string of the molecule is COc1ccc(N)c2c(C)c(C)n(CCO)c12. The van der Waals surface area contributed by atoms with E-state index in [2.05, 4.69) is 4.57 Å². The fourth-order valence-corrected chi connectivity index (χ4v) is 2.35. The van der Waals surface area contributed by atoms with E-state index in [9.17, 15) is 0 Å². The van der Waals surface area contributed by atoms with Gasteiger partial charge in [0.05, 0.1) is 19.2 Å². The first kappa shape index (κ1) is 11.8. The van der Waals surface area contributed by atoms with Crippen LogP contribution in [0.2, 0.25) is 0 Å². The summed E-state index contributed by atoms with van der Waals surface area (Å²) < 4.78 is 7.44. The first-order valence-corrected chi connectivity index (χ1v) is 5.64. The molecule has 0 saturated carbocycles. The lowest BCUT2D eigenvalue weighted by Gasteiger charge is -2.10. The van der Waals surface area contributed by atoms with Crippen molar-refractivity contribution >= 4 is 16.6 Å². The first-order chi connectivity index (χ1) is 8.11. The average Bonchev–Trinajstić information content (AvgIpc) is 2.57. The molecule has 0 radical (unpaired) electrons. The molecule has 0 spiro atoms. The molecule has 0 amide bonds. The average molecular weight is 234 g/mol. The number of aryl methyl sites for hydroxylation is 1. The van der Waals surface area contributed by atoms with Crippen LogP contribution in [0.15, 0.2) is 12.1 Å². The molecule has 2 rings (SSSR count). The Balaban J connectivity index is 2.88. The quantitative estimate of drug-likeness (QED) is 0.797. The van der Waals surface area contributed by atoms with E-state index >= 15 is 0 Å². The van der Waals surface area contributed by atoms with Gasteiger partial charge in [-0.05, 0) is 31.5 Å². The highest BCUT2D eigenvalue weighted by Crippen LogP contribution is 2.36. The number of nitrogens with zero attached hydrogens (tertiary/aromatic N) is 1. The number of rotatable bonds is 3. The van der Waals surface area contributed by atoms with Crippen molar-refractivity contribution in [1.82, 2.24) is 4.57 Å². The smallest absolute Gasteiger partial charge is 0.143 e. The fraction of sp³-hybridized carbons (Fsp3) is 0.385. The maximum Gasteiger partial charge on any atom is 0.143 e. The van der Waals surface area contributed by atoms with Gasteiger partial charge in [-0.15, -0.1) is 0 Å². The predicted molar refractivity (Wildman–Crippen MR) is 69.5 cm³/mol. The number of aliphatic hydroxyl groups excluding tert-OH is 1. The summed E-state index contributed by atoms with van der Waals surface area (Å²) in [7, 11) is 1.64. The maximum atomic E-state index is 9.15.